The van der Waals surface area contributed by atoms with Crippen LogP contribution in [0.2, 0.25) is 0 Å². The summed E-state index contributed by atoms with van der Waals surface area (Å²) in [7, 11) is 0. The number of ether oxygens (including phenoxy) is 3. The van der Waals surface area contributed by atoms with Gasteiger partial charge in [0.1, 0.15) is 6.10 Å². The average molecular weight is 475 g/mol. The van der Waals surface area contributed by atoms with Crippen LogP contribution in [0.25, 0.3) is 0 Å². The number of allylic oxidation sites excluding steroid dienone is 2. The van der Waals surface area contributed by atoms with E-state index in [1.54, 1.807) is 0 Å². The zero-order chi connectivity index (χ0) is 24.9. The van der Waals surface area contributed by atoms with Crippen LogP contribution in [0.4, 0.5) is 0 Å². The molecule has 34 heavy (non-hydrogen) atoms. The van der Waals surface area contributed by atoms with Gasteiger partial charge in [0.05, 0.1) is 6.61 Å². The second kappa shape index (κ2) is 9.51. The first-order chi connectivity index (χ1) is 16.0. The summed E-state index contributed by atoms with van der Waals surface area (Å²) >= 11 is 0. The number of hydrogen-bond acceptors (Lipinski definition) is 7. The number of esters is 1. The van der Waals surface area contributed by atoms with Crippen LogP contribution in [-0.2, 0) is 14.3 Å². The van der Waals surface area contributed by atoms with Crippen LogP contribution in [0, 0.1) is 12.8 Å². The van der Waals surface area contributed by atoms with Gasteiger partial charge in [-0.1, -0.05) is 25.5 Å². The highest BCUT2D eigenvalue weighted by Crippen LogP contribution is 2.58. The number of benzene rings is 1. The SMILES string of the molecule is CC(=O)O[C@@H]1[C@@H](O)[C@H](Oc2c(C)c3c4c(c2O)[C@@H](C)CC[C@@H]4[C@@H](C)C[C@H]3C=C(C)C)OC[C@H]1O. The smallest absolute Gasteiger partial charge is 0.303 e. The number of aliphatic hydroxyl groups excluding tert-OH is 2. The zero-order valence-corrected chi connectivity index (χ0v) is 21.0. The number of carbonyl (C=O) groups excluding carboxylic acids is 1. The van der Waals surface area contributed by atoms with Crippen molar-refractivity contribution in [2.45, 2.75) is 103 Å². The maximum absolute atomic E-state index is 11.5. The first kappa shape index (κ1) is 25.0. The molecule has 0 radical (unpaired) electrons. The van der Waals surface area contributed by atoms with E-state index in [4.69, 9.17) is 14.2 Å². The fourth-order valence-electron chi connectivity index (χ4n) is 6.27. The molecule has 3 N–H and O–H groups in total. The molecule has 0 bridgehead atoms. The molecule has 7 heteroatoms. The zero-order valence-electron chi connectivity index (χ0n) is 21.0. The van der Waals surface area contributed by atoms with Gasteiger partial charge in [-0.2, -0.15) is 0 Å². The van der Waals surface area contributed by atoms with Crippen LogP contribution in [0.1, 0.15) is 93.9 Å². The Morgan fingerprint density at radius 2 is 1.79 bits per heavy atom. The van der Waals surface area contributed by atoms with Crippen molar-refractivity contribution in [3.63, 3.8) is 0 Å². The van der Waals surface area contributed by atoms with E-state index in [0.29, 0.717) is 17.6 Å². The van der Waals surface area contributed by atoms with E-state index < -0.39 is 30.6 Å². The fraction of sp³-hybridized carbons (Fsp3) is 0.667. The van der Waals surface area contributed by atoms with Gasteiger partial charge in [0, 0.05) is 18.4 Å². The molecule has 1 aliphatic heterocycles. The van der Waals surface area contributed by atoms with Gasteiger partial charge in [-0.3, -0.25) is 4.79 Å². The second-order valence-corrected chi connectivity index (χ2v) is 10.6. The number of carbonyl (C=O) groups is 1. The monoisotopic (exact) mass is 474 g/mol. The largest absolute Gasteiger partial charge is 0.504 e. The van der Waals surface area contributed by atoms with Gasteiger partial charge < -0.3 is 29.5 Å². The van der Waals surface area contributed by atoms with Crippen LogP contribution in [-0.4, -0.2) is 52.5 Å². The summed E-state index contributed by atoms with van der Waals surface area (Å²) in [4.78, 5) is 11.5. The molecule has 7 nitrogen and oxygen atoms in total. The van der Waals surface area contributed by atoms with Crippen molar-refractivity contribution in [1.82, 2.24) is 0 Å². The van der Waals surface area contributed by atoms with E-state index in [1.807, 2.05) is 6.92 Å². The lowest BCUT2D eigenvalue weighted by atomic mass is 9.62. The molecule has 8 atom stereocenters. The molecule has 2 aliphatic carbocycles. The molecule has 1 aromatic rings. The van der Waals surface area contributed by atoms with Gasteiger partial charge in [0.15, 0.2) is 23.7 Å². The lowest BCUT2D eigenvalue weighted by molar-refractivity contribution is -0.249. The molecule has 1 saturated heterocycles. The van der Waals surface area contributed by atoms with Crippen molar-refractivity contribution in [3.05, 3.63) is 33.9 Å². The molecule has 0 unspecified atom stereocenters. The number of aromatic hydroxyl groups is 1. The van der Waals surface area contributed by atoms with Crippen molar-refractivity contribution in [2.24, 2.45) is 5.92 Å². The second-order valence-electron chi connectivity index (χ2n) is 10.6. The van der Waals surface area contributed by atoms with Gasteiger partial charge in [0.25, 0.3) is 0 Å². The normalized spacial score (nSPS) is 34.7. The first-order valence-electron chi connectivity index (χ1n) is 12.4. The van der Waals surface area contributed by atoms with E-state index in [1.165, 1.54) is 23.6 Å². The summed E-state index contributed by atoms with van der Waals surface area (Å²) < 4.78 is 16.8. The molecule has 1 heterocycles. The molecule has 188 valence electrons. The minimum Gasteiger partial charge on any atom is -0.504 e. The summed E-state index contributed by atoms with van der Waals surface area (Å²) in [6.07, 6.45) is 0.502. The lowest BCUT2D eigenvalue weighted by Crippen LogP contribution is -2.56. The van der Waals surface area contributed by atoms with Gasteiger partial charge >= 0.3 is 5.97 Å². The summed E-state index contributed by atoms with van der Waals surface area (Å²) in [5, 5.41) is 32.4. The minimum absolute atomic E-state index is 0.101. The third-order valence-electron chi connectivity index (χ3n) is 7.75. The molecule has 0 saturated carbocycles. The molecule has 0 spiro atoms. The van der Waals surface area contributed by atoms with Crippen LogP contribution >= 0.6 is 0 Å². The van der Waals surface area contributed by atoms with E-state index in [-0.39, 0.29) is 24.2 Å². The predicted molar refractivity (Wildman–Crippen MR) is 127 cm³/mol. The topological polar surface area (TPSA) is 105 Å². The van der Waals surface area contributed by atoms with Crippen LogP contribution in [0.5, 0.6) is 11.5 Å². The van der Waals surface area contributed by atoms with Crippen LogP contribution in [0.15, 0.2) is 11.6 Å². The molecule has 1 aromatic carbocycles. The summed E-state index contributed by atoms with van der Waals surface area (Å²) in [6.45, 7) is 11.7. The van der Waals surface area contributed by atoms with Gasteiger partial charge in [-0.05, 0) is 74.5 Å². The summed E-state index contributed by atoms with van der Waals surface area (Å²) in [6, 6.07) is 0. The quantitative estimate of drug-likeness (QED) is 0.444. The predicted octanol–water partition coefficient (Wildman–Crippen LogP) is 4.16. The lowest BCUT2D eigenvalue weighted by Gasteiger charge is -2.44. The first-order valence-corrected chi connectivity index (χ1v) is 12.4. The number of rotatable bonds is 4. The summed E-state index contributed by atoms with van der Waals surface area (Å²) in [5.41, 5.74) is 5.50. The van der Waals surface area contributed by atoms with E-state index in [9.17, 15) is 20.1 Å². The van der Waals surface area contributed by atoms with Crippen molar-refractivity contribution < 1.29 is 34.3 Å². The number of phenols is 1. The molecule has 0 aromatic heterocycles. The minimum atomic E-state index is -1.40. The number of aliphatic hydroxyl groups is 2. The Morgan fingerprint density at radius 1 is 1.09 bits per heavy atom. The Balaban J connectivity index is 1.80. The highest BCUT2D eigenvalue weighted by Gasteiger charge is 2.45. The Morgan fingerprint density at radius 3 is 2.44 bits per heavy atom. The number of hydrogen-bond donors (Lipinski definition) is 3. The van der Waals surface area contributed by atoms with E-state index in [0.717, 1.165) is 30.4 Å². The molecule has 4 rings (SSSR count). The van der Waals surface area contributed by atoms with E-state index in [2.05, 4.69) is 33.8 Å². The molecule has 3 aliphatic rings. The molecular weight excluding hydrogens is 436 g/mol. The highest BCUT2D eigenvalue weighted by atomic mass is 16.7. The third kappa shape index (κ3) is 4.34. The van der Waals surface area contributed by atoms with Crippen molar-refractivity contribution in [3.8, 4) is 11.5 Å². The van der Waals surface area contributed by atoms with Gasteiger partial charge in [0.2, 0.25) is 6.29 Å². The van der Waals surface area contributed by atoms with Crippen LogP contribution < -0.4 is 4.74 Å². The fourth-order valence-corrected chi connectivity index (χ4v) is 6.27. The maximum Gasteiger partial charge on any atom is 0.303 e. The molecule has 1 fully saturated rings. The number of phenolic OH excluding ortho intramolecular Hbond substituents is 1. The Bertz CT molecular complexity index is 980. The average Bonchev–Trinajstić information content (AvgIpc) is 2.74. The Hall–Kier alpha value is -2.09. The summed E-state index contributed by atoms with van der Waals surface area (Å²) in [5.74, 6) is 1.10. The highest BCUT2D eigenvalue weighted by molar-refractivity contribution is 5.66. The molecule has 0 amide bonds. The third-order valence-corrected chi connectivity index (χ3v) is 7.75. The van der Waals surface area contributed by atoms with Gasteiger partial charge in [-0.25, -0.2) is 0 Å². The van der Waals surface area contributed by atoms with E-state index >= 15 is 0 Å². The standard InChI is InChI=1S/C27H38O7/c1-12(2)9-17-10-14(4)18-8-7-13(3)20-22(18)21(17)15(5)25(23(20)30)34-27-24(31)26(33-16(6)28)19(29)11-32-27/h9,13-14,17-19,24,26-27,29-31H,7-8,10-11H2,1-6H3/t13-,14-,17+,18+,19+,24+,26-,27-/m0/s1. The van der Waals surface area contributed by atoms with Crippen molar-refractivity contribution >= 4 is 5.97 Å². The maximum atomic E-state index is 11.5. The molecular formula is C27H38O7. The van der Waals surface area contributed by atoms with Gasteiger partial charge in [-0.15, -0.1) is 0 Å². The Labute approximate surface area is 201 Å². The van der Waals surface area contributed by atoms with Crippen LogP contribution in [0.3, 0.4) is 0 Å². The van der Waals surface area contributed by atoms with Crippen molar-refractivity contribution in [2.75, 3.05) is 6.61 Å². The Kier molecular flexibility index (Phi) is 7.00. The van der Waals surface area contributed by atoms with Crippen molar-refractivity contribution in [1.29, 1.82) is 0 Å².